The summed E-state index contributed by atoms with van der Waals surface area (Å²) >= 11 is 0. The molecule has 0 saturated heterocycles. The first-order valence-electron chi connectivity index (χ1n) is 8.74. The van der Waals surface area contributed by atoms with Gasteiger partial charge in [0.05, 0.1) is 11.4 Å². The summed E-state index contributed by atoms with van der Waals surface area (Å²) in [6.45, 7) is 14.2. The van der Waals surface area contributed by atoms with Gasteiger partial charge in [0.15, 0.2) is 0 Å². The van der Waals surface area contributed by atoms with Crippen molar-refractivity contribution in [3.05, 3.63) is 41.3 Å². The molecule has 0 saturated carbocycles. The van der Waals surface area contributed by atoms with E-state index < -0.39 is 0 Å². The fraction of sp³-hybridized carbons (Fsp3) is 0.429. The van der Waals surface area contributed by atoms with Crippen LogP contribution in [0, 0.1) is 12.7 Å². The van der Waals surface area contributed by atoms with Crippen molar-refractivity contribution in [2.45, 2.75) is 40.5 Å². The Morgan fingerprint density at radius 2 is 1.39 bits per heavy atom. The van der Waals surface area contributed by atoms with Crippen molar-refractivity contribution in [1.29, 1.82) is 0 Å². The summed E-state index contributed by atoms with van der Waals surface area (Å²) in [5.74, 6) is 0.756. The first-order chi connectivity index (χ1) is 13.4. The van der Waals surface area contributed by atoms with Crippen molar-refractivity contribution in [2.75, 3.05) is 26.1 Å². The Bertz CT molecular complexity index is 646. The monoisotopic (exact) mass is 395 g/mol. The fourth-order valence-corrected chi connectivity index (χ4v) is 2.17. The Hall–Kier alpha value is -2.67. The molecule has 0 bridgehead atoms. The zero-order chi connectivity index (χ0) is 22.9. The van der Waals surface area contributed by atoms with Crippen LogP contribution in [0.3, 0.4) is 0 Å². The normalized spacial score (nSPS) is 8.54. The van der Waals surface area contributed by atoms with E-state index in [1.54, 1.807) is 12.1 Å². The number of aliphatic hydroxyl groups is 1. The summed E-state index contributed by atoms with van der Waals surface area (Å²) in [4.78, 5) is 27.1. The highest BCUT2D eigenvalue weighted by atomic mass is 19.1. The van der Waals surface area contributed by atoms with E-state index in [4.69, 9.17) is 14.7 Å². The van der Waals surface area contributed by atoms with Gasteiger partial charge >= 0.3 is 0 Å². The highest BCUT2D eigenvalue weighted by Crippen LogP contribution is 2.28. The second-order valence-electron chi connectivity index (χ2n) is 5.44. The first-order valence-corrected chi connectivity index (χ1v) is 8.74. The second kappa shape index (κ2) is 17.7. The van der Waals surface area contributed by atoms with Gasteiger partial charge < -0.3 is 19.6 Å². The zero-order valence-electron chi connectivity index (χ0n) is 18.3. The third-order valence-electron chi connectivity index (χ3n) is 3.24. The molecule has 0 aliphatic heterocycles. The molecular formula is C21H34FN3O3. The molecule has 0 fully saturated rings. The van der Waals surface area contributed by atoms with E-state index >= 15 is 0 Å². The number of carbonyl (C=O) groups excluding carboxylic acids is 2. The lowest BCUT2D eigenvalue weighted by atomic mass is 10.00. The quantitative estimate of drug-likeness (QED) is 0.844. The molecule has 158 valence electrons. The standard InChI is InChI=1S/C16H20FN3.C2H6.CH4O.2CH2O/c1-10(2)14-11(3)15(19-16(18-14)20(4)5)12-6-8-13(17)9-7-12;4*1-2/h6-10H,1-5H3;1-2H3;2H,1H3;2*1H2. The maximum absolute atomic E-state index is 13.1. The SMILES string of the molecule is C=O.C=O.CC.CO.Cc1c(-c2ccc(F)cc2)nc(N(C)C)nc1C(C)C. The van der Waals surface area contributed by atoms with Crippen LogP contribution in [0.4, 0.5) is 10.3 Å². The first kappa shape index (κ1) is 30.1. The fourth-order valence-electron chi connectivity index (χ4n) is 2.17. The highest BCUT2D eigenvalue weighted by Gasteiger charge is 2.15. The zero-order valence-corrected chi connectivity index (χ0v) is 18.3. The van der Waals surface area contributed by atoms with Crippen LogP contribution in [-0.4, -0.2) is 49.9 Å². The van der Waals surface area contributed by atoms with Crippen LogP contribution in [0.5, 0.6) is 0 Å². The molecular weight excluding hydrogens is 361 g/mol. The van der Waals surface area contributed by atoms with E-state index in [1.807, 2.05) is 53.3 Å². The molecule has 0 aliphatic carbocycles. The van der Waals surface area contributed by atoms with Gasteiger partial charge in [-0.3, -0.25) is 0 Å². The molecule has 0 spiro atoms. The number of aromatic nitrogens is 2. The van der Waals surface area contributed by atoms with Crippen LogP contribution in [0.2, 0.25) is 0 Å². The van der Waals surface area contributed by atoms with Gasteiger partial charge in [-0.2, -0.15) is 0 Å². The smallest absolute Gasteiger partial charge is 0.225 e. The minimum atomic E-state index is -0.239. The minimum Gasteiger partial charge on any atom is -0.400 e. The van der Waals surface area contributed by atoms with Crippen molar-refractivity contribution < 1.29 is 19.1 Å². The Balaban J connectivity index is -0.000000695. The Morgan fingerprint density at radius 3 is 1.75 bits per heavy atom. The molecule has 0 atom stereocenters. The van der Waals surface area contributed by atoms with E-state index in [0.717, 1.165) is 29.6 Å². The molecule has 0 amide bonds. The minimum absolute atomic E-state index is 0.239. The van der Waals surface area contributed by atoms with Gasteiger partial charge in [0.25, 0.3) is 0 Å². The van der Waals surface area contributed by atoms with Crippen molar-refractivity contribution >= 4 is 19.5 Å². The molecule has 1 N–H and O–H groups in total. The lowest BCUT2D eigenvalue weighted by Gasteiger charge is -2.18. The maximum Gasteiger partial charge on any atom is 0.225 e. The number of hydrogen-bond acceptors (Lipinski definition) is 6. The van der Waals surface area contributed by atoms with Gasteiger partial charge in [-0.25, -0.2) is 14.4 Å². The van der Waals surface area contributed by atoms with E-state index in [0.29, 0.717) is 11.9 Å². The van der Waals surface area contributed by atoms with Gasteiger partial charge in [0.1, 0.15) is 19.4 Å². The van der Waals surface area contributed by atoms with Gasteiger partial charge in [0.2, 0.25) is 5.95 Å². The van der Waals surface area contributed by atoms with Gasteiger partial charge in [-0.15, -0.1) is 0 Å². The third-order valence-corrected chi connectivity index (χ3v) is 3.24. The topological polar surface area (TPSA) is 83.4 Å². The molecule has 1 heterocycles. The van der Waals surface area contributed by atoms with Crippen LogP contribution in [0.1, 0.15) is 44.9 Å². The van der Waals surface area contributed by atoms with Crippen molar-refractivity contribution in [1.82, 2.24) is 9.97 Å². The molecule has 0 unspecified atom stereocenters. The van der Waals surface area contributed by atoms with Crippen LogP contribution in [0.25, 0.3) is 11.3 Å². The lowest BCUT2D eigenvalue weighted by molar-refractivity contribution is -0.0987. The molecule has 2 aromatic rings. The maximum atomic E-state index is 13.1. The predicted molar refractivity (Wildman–Crippen MR) is 114 cm³/mol. The van der Waals surface area contributed by atoms with E-state index in [-0.39, 0.29) is 5.82 Å². The van der Waals surface area contributed by atoms with Gasteiger partial charge in [-0.1, -0.05) is 27.7 Å². The molecule has 6 nitrogen and oxygen atoms in total. The van der Waals surface area contributed by atoms with E-state index in [1.165, 1.54) is 12.1 Å². The molecule has 1 aromatic carbocycles. The molecule has 0 aliphatic rings. The number of benzene rings is 1. The summed E-state index contributed by atoms with van der Waals surface area (Å²) in [5, 5.41) is 7.00. The summed E-state index contributed by atoms with van der Waals surface area (Å²) in [6.07, 6.45) is 0. The predicted octanol–water partition coefficient (Wildman–Crippen LogP) is 4.05. The number of rotatable bonds is 3. The Labute approximate surface area is 168 Å². The number of aliphatic hydroxyl groups excluding tert-OH is 1. The van der Waals surface area contributed by atoms with Crippen LogP contribution in [0.15, 0.2) is 24.3 Å². The number of halogens is 1. The number of nitrogens with zero attached hydrogens (tertiary/aromatic N) is 3. The highest BCUT2D eigenvalue weighted by molar-refractivity contribution is 5.65. The molecule has 1 aromatic heterocycles. The van der Waals surface area contributed by atoms with Crippen molar-refractivity contribution in [3.8, 4) is 11.3 Å². The molecule has 2 rings (SSSR count). The number of anilines is 1. The average molecular weight is 396 g/mol. The van der Waals surface area contributed by atoms with Crippen LogP contribution in [-0.2, 0) is 9.59 Å². The Morgan fingerprint density at radius 1 is 0.964 bits per heavy atom. The molecule has 28 heavy (non-hydrogen) atoms. The van der Waals surface area contributed by atoms with Crippen LogP contribution >= 0.6 is 0 Å². The largest absolute Gasteiger partial charge is 0.400 e. The second-order valence-corrected chi connectivity index (χ2v) is 5.44. The van der Waals surface area contributed by atoms with Gasteiger partial charge in [-0.05, 0) is 42.7 Å². The summed E-state index contributed by atoms with van der Waals surface area (Å²) in [7, 11) is 4.84. The number of carbonyl (C=O) groups is 2. The van der Waals surface area contributed by atoms with E-state index in [2.05, 4.69) is 23.8 Å². The summed E-state index contributed by atoms with van der Waals surface area (Å²) in [5.41, 5.74) is 3.86. The van der Waals surface area contributed by atoms with E-state index in [9.17, 15) is 4.39 Å². The Kier molecular flexibility index (Phi) is 19.0. The summed E-state index contributed by atoms with van der Waals surface area (Å²) in [6, 6.07) is 6.44. The number of hydrogen-bond donors (Lipinski definition) is 1. The van der Waals surface area contributed by atoms with Crippen LogP contribution < -0.4 is 4.90 Å². The van der Waals surface area contributed by atoms with Crippen molar-refractivity contribution in [3.63, 3.8) is 0 Å². The average Bonchev–Trinajstić information content (AvgIpc) is 2.74. The summed E-state index contributed by atoms with van der Waals surface area (Å²) < 4.78 is 13.1. The lowest BCUT2D eigenvalue weighted by Crippen LogP contribution is -2.15. The molecule has 7 heteroatoms. The molecule has 0 radical (unpaired) electrons. The van der Waals surface area contributed by atoms with Crippen molar-refractivity contribution in [2.24, 2.45) is 0 Å². The third kappa shape index (κ3) is 9.32. The van der Waals surface area contributed by atoms with Gasteiger partial charge in [0, 0.05) is 26.8 Å².